The van der Waals surface area contributed by atoms with E-state index in [2.05, 4.69) is 59.9 Å². The summed E-state index contributed by atoms with van der Waals surface area (Å²) in [7, 11) is 0. The lowest BCUT2D eigenvalue weighted by molar-refractivity contribution is 0.699. The zero-order chi connectivity index (χ0) is 14.7. The molecular formula is C18H20N2S. The van der Waals surface area contributed by atoms with Crippen molar-refractivity contribution in [3.05, 3.63) is 63.5 Å². The first-order valence-corrected chi connectivity index (χ1v) is 8.27. The number of rotatable bonds is 5. The van der Waals surface area contributed by atoms with Crippen molar-refractivity contribution in [3.8, 4) is 0 Å². The topological polar surface area (TPSA) is 24.9 Å². The summed E-state index contributed by atoms with van der Waals surface area (Å²) >= 11 is 1.84. The lowest BCUT2D eigenvalue weighted by atomic mass is 10.1. The predicted molar refractivity (Wildman–Crippen MR) is 90.7 cm³/mol. The van der Waals surface area contributed by atoms with Crippen LogP contribution in [0.15, 0.2) is 41.8 Å². The van der Waals surface area contributed by atoms with E-state index in [1.807, 2.05) is 17.4 Å². The fraction of sp³-hybridized carbons (Fsp3) is 0.278. The molecule has 0 saturated heterocycles. The first-order chi connectivity index (χ1) is 10.3. The van der Waals surface area contributed by atoms with Crippen molar-refractivity contribution in [2.24, 2.45) is 0 Å². The van der Waals surface area contributed by atoms with E-state index in [0.717, 1.165) is 30.7 Å². The minimum atomic E-state index is 0.880. The molecule has 21 heavy (non-hydrogen) atoms. The molecule has 0 atom stereocenters. The molecule has 0 fully saturated rings. The number of hydrogen-bond acceptors (Lipinski definition) is 3. The third-order valence-corrected chi connectivity index (χ3v) is 4.71. The van der Waals surface area contributed by atoms with Crippen LogP contribution in [0.25, 0.3) is 10.9 Å². The van der Waals surface area contributed by atoms with Crippen molar-refractivity contribution in [1.29, 1.82) is 0 Å². The van der Waals surface area contributed by atoms with E-state index >= 15 is 0 Å². The number of aromatic nitrogens is 1. The molecule has 0 bridgehead atoms. The minimum absolute atomic E-state index is 0.880. The fourth-order valence-corrected chi connectivity index (χ4v) is 3.63. The molecule has 108 valence electrons. The van der Waals surface area contributed by atoms with E-state index in [-0.39, 0.29) is 0 Å². The quantitative estimate of drug-likeness (QED) is 0.752. The average molecular weight is 296 g/mol. The monoisotopic (exact) mass is 296 g/mol. The molecular weight excluding hydrogens is 276 g/mol. The van der Waals surface area contributed by atoms with Gasteiger partial charge < -0.3 is 5.32 Å². The van der Waals surface area contributed by atoms with Gasteiger partial charge in [0.05, 0.1) is 5.52 Å². The molecule has 0 aliphatic rings. The number of nitrogens with zero attached hydrogens (tertiary/aromatic N) is 1. The summed E-state index contributed by atoms with van der Waals surface area (Å²) < 4.78 is 0. The average Bonchev–Trinajstić information content (AvgIpc) is 2.94. The Kier molecular flexibility index (Phi) is 4.32. The maximum absolute atomic E-state index is 4.60. The van der Waals surface area contributed by atoms with Crippen LogP contribution in [0.5, 0.6) is 0 Å². The number of thiophene rings is 1. The van der Waals surface area contributed by atoms with Crippen LogP contribution in [-0.2, 0) is 19.5 Å². The highest BCUT2D eigenvalue weighted by molar-refractivity contribution is 7.10. The second-order valence-electron chi connectivity index (χ2n) is 5.27. The van der Waals surface area contributed by atoms with E-state index in [9.17, 15) is 0 Å². The summed E-state index contributed by atoms with van der Waals surface area (Å²) in [5.41, 5.74) is 4.95. The Morgan fingerprint density at radius 3 is 2.81 bits per heavy atom. The maximum atomic E-state index is 4.60. The first kappa shape index (κ1) is 14.2. The number of nitrogens with one attached hydrogen (secondary N) is 1. The number of fused-ring (bicyclic) bond motifs is 1. The van der Waals surface area contributed by atoms with Crippen LogP contribution >= 0.6 is 11.3 Å². The number of benzene rings is 1. The van der Waals surface area contributed by atoms with Gasteiger partial charge >= 0.3 is 0 Å². The molecule has 2 nitrogen and oxygen atoms in total. The van der Waals surface area contributed by atoms with Crippen molar-refractivity contribution in [1.82, 2.24) is 10.3 Å². The molecule has 3 rings (SSSR count). The van der Waals surface area contributed by atoms with Gasteiger partial charge in [-0.15, -0.1) is 11.3 Å². The molecule has 0 unspecified atom stereocenters. The van der Waals surface area contributed by atoms with Crippen LogP contribution in [0.4, 0.5) is 0 Å². The van der Waals surface area contributed by atoms with Crippen molar-refractivity contribution < 1.29 is 0 Å². The Morgan fingerprint density at radius 1 is 1.10 bits per heavy atom. The van der Waals surface area contributed by atoms with Gasteiger partial charge in [-0.3, -0.25) is 4.98 Å². The first-order valence-electron chi connectivity index (χ1n) is 7.39. The molecule has 0 spiro atoms. The summed E-state index contributed by atoms with van der Waals surface area (Å²) in [5, 5.41) is 7.01. The van der Waals surface area contributed by atoms with Crippen LogP contribution in [0.1, 0.15) is 28.6 Å². The number of para-hydroxylation sites is 1. The molecule has 0 aliphatic heterocycles. The predicted octanol–water partition coefficient (Wildman–Crippen LogP) is 4.46. The van der Waals surface area contributed by atoms with Crippen LogP contribution in [0.2, 0.25) is 0 Å². The molecule has 0 amide bonds. The molecule has 2 aromatic heterocycles. The molecule has 2 heterocycles. The highest BCUT2D eigenvalue weighted by Crippen LogP contribution is 2.20. The van der Waals surface area contributed by atoms with Crippen LogP contribution < -0.4 is 5.32 Å². The maximum Gasteiger partial charge on any atom is 0.0708 e. The van der Waals surface area contributed by atoms with E-state index in [1.165, 1.54) is 21.4 Å². The van der Waals surface area contributed by atoms with Crippen molar-refractivity contribution in [2.75, 3.05) is 0 Å². The van der Waals surface area contributed by atoms with Gasteiger partial charge in [0.25, 0.3) is 0 Å². The van der Waals surface area contributed by atoms with Gasteiger partial charge in [-0.1, -0.05) is 25.1 Å². The van der Waals surface area contributed by atoms with Crippen molar-refractivity contribution in [2.45, 2.75) is 33.4 Å². The lowest BCUT2D eigenvalue weighted by Crippen LogP contribution is -2.13. The Bertz CT molecular complexity index is 746. The number of aryl methyl sites for hydroxylation is 2. The molecule has 1 N–H and O–H groups in total. The van der Waals surface area contributed by atoms with Crippen molar-refractivity contribution in [3.63, 3.8) is 0 Å². The van der Waals surface area contributed by atoms with Crippen LogP contribution in [0.3, 0.4) is 0 Å². The number of pyridine rings is 1. The molecule has 1 aromatic carbocycles. The Morgan fingerprint density at radius 2 is 1.95 bits per heavy atom. The number of hydrogen-bond donors (Lipinski definition) is 1. The van der Waals surface area contributed by atoms with Crippen LogP contribution in [0, 0.1) is 6.92 Å². The van der Waals surface area contributed by atoms with Gasteiger partial charge in [-0.2, -0.15) is 0 Å². The second-order valence-corrected chi connectivity index (χ2v) is 6.27. The van der Waals surface area contributed by atoms with Gasteiger partial charge in [0.2, 0.25) is 0 Å². The van der Waals surface area contributed by atoms with Gasteiger partial charge in [0, 0.05) is 29.0 Å². The molecule has 3 heteroatoms. The molecule has 0 aliphatic carbocycles. The Balaban J connectivity index is 1.76. The smallest absolute Gasteiger partial charge is 0.0708 e. The fourth-order valence-electron chi connectivity index (χ4n) is 2.69. The minimum Gasteiger partial charge on any atom is -0.308 e. The van der Waals surface area contributed by atoms with Gasteiger partial charge in [-0.05, 0) is 48.1 Å². The van der Waals surface area contributed by atoms with E-state index < -0.39 is 0 Å². The molecule has 3 aromatic rings. The summed E-state index contributed by atoms with van der Waals surface area (Å²) in [5.74, 6) is 0. The third-order valence-electron chi connectivity index (χ3n) is 3.75. The Hall–Kier alpha value is -1.71. The summed E-state index contributed by atoms with van der Waals surface area (Å²) in [6, 6.07) is 12.8. The lowest BCUT2D eigenvalue weighted by Gasteiger charge is -2.09. The Labute approximate surface area is 129 Å². The standard InChI is InChI=1S/C18H20N2S/c1-3-14-8-9-21-18(14)12-19-11-15-10-13(2)20-17-7-5-4-6-16(15)17/h4-10,19H,3,11-12H2,1-2H3. The van der Waals surface area contributed by atoms with Gasteiger partial charge in [0.1, 0.15) is 0 Å². The summed E-state index contributed by atoms with van der Waals surface area (Å²) in [6.45, 7) is 6.09. The van der Waals surface area contributed by atoms with E-state index in [0.29, 0.717) is 0 Å². The second kappa shape index (κ2) is 6.37. The largest absolute Gasteiger partial charge is 0.308 e. The zero-order valence-corrected chi connectivity index (χ0v) is 13.3. The summed E-state index contributed by atoms with van der Waals surface area (Å²) in [6.07, 6.45) is 1.11. The normalized spacial score (nSPS) is 11.1. The SMILES string of the molecule is CCc1ccsc1CNCc1cc(C)nc2ccccc12. The third kappa shape index (κ3) is 3.14. The molecule has 0 saturated carbocycles. The van der Waals surface area contributed by atoms with E-state index in [4.69, 9.17) is 0 Å². The zero-order valence-electron chi connectivity index (χ0n) is 12.5. The van der Waals surface area contributed by atoms with Gasteiger partial charge in [-0.25, -0.2) is 0 Å². The van der Waals surface area contributed by atoms with Gasteiger partial charge in [0.15, 0.2) is 0 Å². The molecule has 0 radical (unpaired) electrons. The van der Waals surface area contributed by atoms with E-state index in [1.54, 1.807) is 0 Å². The highest BCUT2D eigenvalue weighted by Gasteiger charge is 2.05. The van der Waals surface area contributed by atoms with Crippen LogP contribution in [-0.4, -0.2) is 4.98 Å². The highest BCUT2D eigenvalue weighted by atomic mass is 32.1. The summed E-state index contributed by atoms with van der Waals surface area (Å²) in [4.78, 5) is 6.05. The van der Waals surface area contributed by atoms with Crippen molar-refractivity contribution >= 4 is 22.2 Å².